The maximum Gasteiger partial charge on any atom is 0.313 e. The fraction of sp³-hybridized carbons (Fsp3) is 0.857. The van der Waals surface area contributed by atoms with E-state index in [9.17, 15) is 9.59 Å². The van der Waals surface area contributed by atoms with Crippen molar-refractivity contribution in [3.8, 4) is 0 Å². The highest BCUT2D eigenvalue weighted by Gasteiger charge is 2.41. The van der Waals surface area contributed by atoms with Crippen molar-refractivity contribution in [2.45, 2.75) is 72.4 Å². The van der Waals surface area contributed by atoms with Gasteiger partial charge in [0.1, 0.15) is 6.42 Å². The van der Waals surface area contributed by atoms with Gasteiger partial charge in [-0.25, -0.2) is 0 Å². The van der Waals surface area contributed by atoms with E-state index in [1.807, 2.05) is 27.7 Å². The summed E-state index contributed by atoms with van der Waals surface area (Å²) < 4.78 is 16.1. The lowest BCUT2D eigenvalue weighted by atomic mass is 10.0. The summed E-state index contributed by atoms with van der Waals surface area (Å²) in [6.07, 6.45) is -0.336. The molecule has 112 valence electrons. The molecule has 0 aromatic rings. The van der Waals surface area contributed by atoms with E-state index in [1.54, 1.807) is 13.8 Å². The van der Waals surface area contributed by atoms with E-state index >= 15 is 0 Å². The molecule has 5 heteroatoms. The lowest BCUT2D eigenvalue weighted by Crippen LogP contribution is -2.48. The van der Waals surface area contributed by atoms with Crippen LogP contribution in [0.2, 0.25) is 0 Å². The third-order valence-electron chi connectivity index (χ3n) is 2.35. The van der Waals surface area contributed by atoms with Crippen LogP contribution in [0, 0.1) is 0 Å². The molecule has 0 N–H and O–H groups in total. The minimum absolute atomic E-state index is 0.176. The number of ether oxygens (including phenoxy) is 3. The quantitative estimate of drug-likeness (QED) is 0.367. The molecule has 0 aliphatic heterocycles. The molecule has 19 heavy (non-hydrogen) atoms. The summed E-state index contributed by atoms with van der Waals surface area (Å²) in [6.45, 7) is 11.1. The molecule has 0 radical (unpaired) electrons. The molecule has 0 bridgehead atoms. The summed E-state index contributed by atoms with van der Waals surface area (Å²) in [6, 6.07) is 0. The molecule has 0 aromatic carbocycles. The molecule has 0 saturated heterocycles. The number of ketones is 1. The topological polar surface area (TPSA) is 61.8 Å². The molecular weight excluding hydrogens is 248 g/mol. The number of carbonyl (C=O) groups excluding carboxylic acids is 2. The molecule has 0 rings (SSSR count). The summed E-state index contributed by atoms with van der Waals surface area (Å²) in [7, 11) is 0. The molecule has 0 atom stereocenters. The Hall–Kier alpha value is -0.940. The van der Waals surface area contributed by atoms with E-state index in [0.717, 1.165) is 0 Å². The monoisotopic (exact) mass is 274 g/mol. The summed E-state index contributed by atoms with van der Waals surface area (Å²) >= 11 is 0. The Morgan fingerprint density at radius 2 is 1.47 bits per heavy atom. The Kier molecular flexibility index (Phi) is 7.87. The van der Waals surface area contributed by atoms with E-state index in [2.05, 4.69) is 0 Å². The summed E-state index contributed by atoms with van der Waals surface area (Å²) in [4.78, 5) is 23.7. The Bertz CT molecular complexity index is 286. The van der Waals surface area contributed by atoms with Crippen molar-refractivity contribution in [1.82, 2.24) is 0 Å². The predicted molar refractivity (Wildman–Crippen MR) is 71.7 cm³/mol. The maximum absolute atomic E-state index is 12.3. The zero-order chi connectivity index (χ0) is 15.1. The fourth-order valence-electron chi connectivity index (χ4n) is 1.76. The molecule has 0 aromatic heterocycles. The van der Waals surface area contributed by atoms with Crippen molar-refractivity contribution in [2.75, 3.05) is 6.61 Å². The first kappa shape index (κ1) is 18.1. The van der Waals surface area contributed by atoms with Crippen molar-refractivity contribution < 1.29 is 23.8 Å². The Morgan fingerprint density at radius 3 is 1.79 bits per heavy atom. The molecule has 0 aliphatic carbocycles. The maximum atomic E-state index is 12.3. The summed E-state index contributed by atoms with van der Waals surface area (Å²) in [5.74, 6) is -2.31. The molecule has 0 aliphatic rings. The van der Waals surface area contributed by atoms with Crippen LogP contribution in [0.5, 0.6) is 0 Å². The highest BCUT2D eigenvalue weighted by atomic mass is 16.7. The van der Waals surface area contributed by atoms with Gasteiger partial charge in [-0.2, -0.15) is 0 Å². The van der Waals surface area contributed by atoms with Crippen LogP contribution in [0.4, 0.5) is 0 Å². The number of hydrogen-bond acceptors (Lipinski definition) is 5. The lowest BCUT2D eigenvalue weighted by molar-refractivity contribution is -0.256. The molecule has 0 heterocycles. The van der Waals surface area contributed by atoms with Gasteiger partial charge in [0, 0.05) is 6.42 Å². The van der Waals surface area contributed by atoms with Gasteiger partial charge in [-0.15, -0.1) is 0 Å². The van der Waals surface area contributed by atoms with Crippen LogP contribution in [0.3, 0.4) is 0 Å². The van der Waals surface area contributed by atoms with E-state index in [4.69, 9.17) is 14.2 Å². The van der Waals surface area contributed by atoms with Gasteiger partial charge in [0.2, 0.25) is 11.6 Å². The molecule has 0 unspecified atom stereocenters. The SMILES string of the molecule is CCOC(=O)CC(=O)C(CC)(OC(C)C)OC(C)C. The van der Waals surface area contributed by atoms with Crippen LogP contribution in [-0.2, 0) is 23.8 Å². The van der Waals surface area contributed by atoms with Crippen molar-refractivity contribution in [3.63, 3.8) is 0 Å². The first-order valence-electron chi connectivity index (χ1n) is 6.81. The summed E-state index contributed by atoms with van der Waals surface area (Å²) in [5, 5.41) is 0. The van der Waals surface area contributed by atoms with Crippen LogP contribution >= 0.6 is 0 Å². The van der Waals surface area contributed by atoms with Crippen LogP contribution in [0.25, 0.3) is 0 Å². The number of carbonyl (C=O) groups is 2. The Morgan fingerprint density at radius 1 is 1.00 bits per heavy atom. The molecular formula is C14H26O5. The van der Waals surface area contributed by atoms with E-state index in [-0.39, 0.29) is 25.2 Å². The first-order valence-corrected chi connectivity index (χ1v) is 6.81. The van der Waals surface area contributed by atoms with Crippen LogP contribution in [0.1, 0.15) is 54.4 Å². The van der Waals surface area contributed by atoms with Gasteiger partial charge < -0.3 is 14.2 Å². The van der Waals surface area contributed by atoms with Crippen molar-refractivity contribution in [1.29, 1.82) is 0 Å². The molecule has 0 saturated carbocycles. The number of rotatable bonds is 9. The minimum atomic E-state index is -1.37. The van der Waals surface area contributed by atoms with Gasteiger partial charge in [0.15, 0.2) is 0 Å². The zero-order valence-electron chi connectivity index (χ0n) is 12.8. The van der Waals surface area contributed by atoms with Gasteiger partial charge in [-0.1, -0.05) is 6.92 Å². The Labute approximate surface area is 115 Å². The average Bonchev–Trinajstić information content (AvgIpc) is 2.26. The largest absolute Gasteiger partial charge is 0.466 e. The predicted octanol–water partition coefficient (Wildman–Crippen LogP) is 2.47. The van der Waals surface area contributed by atoms with E-state index < -0.39 is 17.5 Å². The van der Waals surface area contributed by atoms with Crippen LogP contribution in [-0.4, -0.2) is 36.4 Å². The van der Waals surface area contributed by atoms with Gasteiger partial charge in [-0.3, -0.25) is 9.59 Å². The summed E-state index contributed by atoms with van der Waals surface area (Å²) in [5.41, 5.74) is 0. The lowest BCUT2D eigenvalue weighted by Gasteiger charge is -2.34. The highest BCUT2D eigenvalue weighted by molar-refractivity contribution is 5.99. The van der Waals surface area contributed by atoms with Crippen molar-refractivity contribution >= 4 is 11.8 Å². The second-order valence-electron chi connectivity index (χ2n) is 4.84. The van der Waals surface area contributed by atoms with Crippen LogP contribution < -0.4 is 0 Å². The second-order valence-corrected chi connectivity index (χ2v) is 4.84. The highest BCUT2D eigenvalue weighted by Crippen LogP contribution is 2.25. The number of Topliss-reactive ketones (excluding diaryl/α,β-unsaturated/α-hetero) is 1. The molecule has 0 fully saturated rings. The van der Waals surface area contributed by atoms with Gasteiger partial charge >= 0.3 is 5.97 Å². The number of hydrogen-bond donors (Lipinski definition) is 0. The van der Waals surface area contributed by atoms with Gasteiger partial charge in [0.05, 0.1) is 18.8 Å². The molecule has 0 spiro atoms. The standard InChI is InChI=1S/C14H26O5/c1-7-14(18-10(3)4,19-11(5)6)12(15)9-13(16)17-8-2/h10-11H,7-9H2,1-6H3. The first-order chi connectivity index (χ1) is 8.77. The average molecular weight is 274 g/mol. The fourth-order valence-corrected chi connectivity index (χ4v) is 1.76. The normalized spacial score (nSPS) is 12.0. The van der Waals surface area contributed by atoms with E-state index in [1.165, 1.54) is 0 Å². The van der Waals surface area contributed by atoms with Crippen molar-refractivity contribution in [3.05, 3.63) is 0 Å². The van der Waals surface area contributed by atoms with Crippen molar-refractivity contribution in [2.24, 2.45) is 0 Å². The minimum Gasteiger partial charge on any atom is -0.466 e. The number of esters is 1. The molecule has 5 nitrogen and oxygen atoms in total. The Balaban J connectivity index is 4.98. The van der Waals surface area contributed by atoms with Crippen LogP contribution in [0.15, 0.2) is 0 Å². The third-order valence-corrected chi connectivity index (χ3v) is 2.35. The second kappa shape index (κ2) is 8.27. The zero-order valence-corrected chi connectivity index (χ0v) is 12.8. The van der Waals surface area contributed by atoms with E-state index in [0.29, 0.717) is 6.42 Å². The third kappa shape index (κ3) is 6.16. The molecule has 0 amide bonds. The smallest absolute Gasteiger partial charge is 0.313 e. The van der Waals surface area contributed by atoms with Gasteiger partial charge in [-0.05, 0) is 34.6 Å². The van der Waals surface area contributed by atoms with Gasteiger partial charge in [0.25, 0.3) is 0 Å².